The number of halogens is 1. The molecule has 3 rings (SSSR count). The van der Waals surface area contributed by atoms with E-state index in [1.54, 1.807) is 17.4 Å². The number of benzene rings is 1. The maximum Gasteiger partial charge on any atom is 0.343 e. The minimum absolute atomic E-state index is 0.0119. The van der Waals surface area contributed by atoms with E-state index in [0.717, 1.165) is 29.7 Å². The van der Waals surface area contributed by atoms with Crippen LogP contribution in [0.3, 0.4) is 0 Å². The molecule has 0 bridgehead atoms. The van der Waals surface area contributed by atoms with Gasteiger partial charge in [0.15, 0.2) is 0 Å². The highest BCUT2D eigenvalue weighted by molar-refractivity contribution is 7.12. The van der Waals surface area contributed by atoms with Gasteiger partial charge in [0, 0.05) is 32.7 Å². The van der Waals surface area contributed by atoms with E-state index >= 15 is 0 Å². The Morgan fingerprint density at radius 1 is 1.11 bits per heavy atom. The Balaban J connectivity index is 1.93. The van der Waals surface area contributed by atoms with Crippen LogP contribution in [0.4, 0.5) is 0 Å². The molecule has 2 aromatic heterocycles. The fourth-order valence-electron chi connectivity index (χ4n) is 3.57. The number of thiophene rings is 1. The summed E-state index contributed by atoms with van der Waals surface area (Å²) in [5.41, 5.74) is 1.03. The third kappa shape index (κ3) is 4.50. The van der Waals surface area contributed by atoms with Gasteiger partial charge in [-0.25, -0.2) is 4.79 Å². The van der Waals surface area contributed by atoms with Crippen molar-refractivity contribution in [2.24, 2.45) is 0 Å². The Hall–Kier alpha value is -2.04. The largest absolute Gasteiger partial charge is 0.507 e. The molecule has 2 unspecified atom stereocenters. The van der Waals surface area contributed by atoms with Crippen molar-refractivity contribution in [2.75, 3.05) is 0 Å². The van der Waals surface area contributed by atoms with Crippen molar-refractivity contribution >= 4 is 22.9 Å². The SMILES string of the molecule is CCC(Cc1ccc(Cl)cc1)c1cc(O)c(C(CC)c2ccc(C)s2)c(=O)o1. The zero-order valence-corrected chi connectivity index (χ0v) is 17.9. The van der Waals surface area contributed by atoms with E-state index in [1.807, 2.05) is 50.2 Å². The number of hydrogen-bond acceptors (Lipinski definition) is 4. The van der Waals surface area contributed by atoms with E-state index < -0.39 is 5.63 Å². The number of hydrogen-bond donors (Lipinski definition) is 1. The first-order valence-electron chi connectivity index (χ1n) is 9.60. The predicted molar refractivity (Wildman–Crippen MR) is 116 cm³/mol. The first-order chi connectivity index (χ1) is 13.4. The van der Waals surface area contributed by atoms with Crippen molar-refractivity contribution in [2.45, 2.75) is 51.9 Å². The van der Waals surface area contributed by atoms with E-state index in [-0.39, 0.29) is 17.6 Å². The third-order valence-electron chi connectivity index (χ3n) is 5.14. The first kappa shape index (κ1) is 20.7. The van der Waals surface area contributed by atoms with Gasteiger partial charge in [0.05, 0.1) is 5.56 Å². The lowest BCUT2D eigenvalue weighted by atomic mass is 9.92. The van der Waals surface area contributed by atoms with Crippen LogP contribution in [0.25, 0.3) is 0 Å². The molecule has 1 aromatic carbocycles. The molecular formula is C23H25ClO3S. The molecule has 1 N–H and O–H groups in total. The van der Waals surface area contributed by atoms with Crippen LogP contribution in [0.1, 0.15) is 65.2 Å². The van der Waals surface area contributed by atoms with E-state index in [4.69, 9.17) is 16.0 Å². The highest BCUT2D eigenvalue weighted by Crippen LogP contribution is 2.37. The van der Waals surface area contributed by atoms with E-state index in [2.05, 4.69) is 6.92 Å². The van der Waals surface area contributed by atoms with E-state index in [1.165, 1.54) is 4.88 Å². The summed E-state index contributed by atoms with van der Waals surface area (Å²) in [6.45, 7) is 6.10. The summed E-state index contributed by atoms with van der Waals surface area (Å²) in [7, 11) is 0. The van der Waals surface area contributed by atoms with Crippen molar-refractivity contribution < 1.29 is 9.52 Å². The van der Waals surface area contributed by atoms with Crippen molar-refractivity contribution in [3.05, 3.63) is 84.5 Å². The van der Waals surface area contributed by atoms with Gasteiger partial charge in [-0.1, -0.05) is 37.6 Å². The molecule has 0 saturated carbocycles. The second-order valence-electron chi connectivity index (χ2n) is 7.08. The third-order valence-corrected chi connectivity index (χ3v) is 6.50. The zero-order chi connectivity index (χ0) is 20.3. The number of rotatable bonds is 7. The average Bonchev–Trinajstić information content (AvgIpc) is 3.10. The highest BCUT2D eigenvalue weighted by atomic mass is 35.5. The molecule has 2 atom stereocenters. The molecule has 0 fully saturated rings. The summed E-state index contributed by atoms with van der Waals surface area (Å²) >= 11 is 7.61. The Morgan fingerprint density at radius 2 is 1.82 bits per heavy atom. The topological polar surface area (TPSA) is 50.4 Å². The van der Waals surface area contributed by atoms with Crippen molar-refractivity contribution in [1.29, 1.82) is 0 Å². The monoisotopic (exact) mass is 416 g/mol. The molecule has 0 aliphatic carbocycles. The Labute approximate surface area is 174 Å². The van der Waals surface area contributed by atoms with Gasteiger partial charge in [-0.15, -0.1) is 11.3 Å². The molecule has 0 aliphatic rings. The van der Waals surface area contributed by atoms with Gasteiger partial charge in [-0.3, -0.25) is 0 Å². The smallest absolute Gasteiger partial charge is 0.343 e. The summed E-state index contributed by atoms with van der Waals surface area (Å²) < 4.78 is 5.71. The Bertz CT molecular complexity index is 988. The van der Waals surface area contributed by atoms with Gasteiger partial charge < -0.3 is 9.52 Å². The molecule has 28 heavy (non-hydrogen) atoms. The molecule has 0 radical (unpaired) electrons. The molecule has 5 heteroatoms. The Morgan fingerprint density at radius 3 is 2.36 bits per heavy atom. The molecular weight excluding hydrogens is 392 g/mol. The minimum Gasteiger partial charge on any atom is -0.507 e. The fraction of sp³-hybridized carbons (Fsp3) is 0.348. The lowest BCUT2D eigenvalue weighted by Gasteiger charge is -2.18. The van der Waals surface area contributed by atoms with Crippen LogP contribution < -0.4 is 5.63 Å². The molecule has 0 amide bonds. The summed E-state index contributed by atoms with van der Waals surface area (Å²) in [4.78, 5) is 15.1. The molecule has 148 valence electrons. The lowest BCUT2D eigenvalue weighted by Crippen LogP contribution is -2.15. The predicted octanol–water partition coefficient (Wildman–Crippen LogP) is 6.65. The van der Waals surface area contributed by atoms with E-state index in [0.29, 0.717) is 16.3 Å². The van der Waals surface area contributed by atoms with Gasteiger partial charge in [0.25, 0.3) is 0 Å². The molecule has 0 aliphatic heterocycles. The molecule has 0 spiro atoms. The van der Waals surface area contributed by atoms with Gasteiger partial charge in [0.2, 0.25) is 0 Å². The van der Waals surface area contributed by atoms with Crippen molar-refractivity contribution in [1.82, 2.24) is 0 Å². The summed E-state index contributed by atoms with van der Waals surface area (Å²) in [5, 5.41) is 11.4. The second-order valence-corrected chi connectivity index (χ2v) is 8.84. The lowest BCUT2D eigenvalue weighted by molar-refractivity contribution is 0.382. The van der Waals surface area contributed by atoms with Crippen molar-refractivity contribution in [3.8, 4) is 5.75 Å². The van der Waals surface area contributed by atoms with Gasteiger partial charge in [-0.05, 0) is 56.0 Å². The summed E-state index contributed by atoms with van der Waals surface area (Å²) in [6.07, 6.45) is 2.24. The van der Waals surface area contributed by atoms with Crippen LogP contribution in [-0.2, 0) is 6.42 Å². The summed E-state index contributed by atoms with van der Waals surface area (Å²) in [6, 6.07) is 13.4. The Kier molecular flexibility index (Phi) is 6.63. The van der Waals surface area contributed by atoms with Gasteiger partial charge >= 0.3 is 5.63 Å². The fourth-order valence-corrected chi connectivity index (χ4v) is 4.77. The van der Waals surface area contributed by atoms with Crippen LogP contribution in [0.2, 0.25) is 5.02 Å². The molecule has 0 saturated heterocycles. The van der Waals surface area contributed by atoms with Crippen LogP contribution in [0.15, 0.2) is 51.7 Å². The molecule has 3 nitrogen and oxygen atoms in total. The van der Waals surface area contributed by atoms with Crippen molar-refractivity contribution in [3.63, 3.8) is 0 Å². The van der Waals surface area contributed by atoms with Gasteiger partial charge in [-0.2, -0.15) is 0 Å². The number of aromatic hydroxyl groups is 1. The highest BCUT2D eigenvalue weighted by Gasteiger charge is 2.25. The second kappa shape index (κ2) is 8.97. The quantitative estimate of drug-likeness (QED) is 0.469. The molecule has 3 aromatic rings. The van der Waals surface area contributed by atoms with Crippen LogP contribution in [0.5, 0.6) is 5.75 Å². The number of aryl methyl sites for hydroxylation is 1. The van der Waals surface area contributed by atoms with Gasteiger partial charge in [0.1, 0.15) is 11.5 Å². The molecule has 2 heterocycles. The maximum atomic E-state index is 12.8. The standard InChI is InChI=1S/C23H25ClO3S/c1-4-16(12-15-7-9-17(24)10-8-15)20-13-19(25)22(23(26)27-20)18(5-2)21-11-6-14(3)28-21/h6-11,13,16,18,25H,4-5,12H2,1-3H3. The summed E-state index contributed by atoms with van der Waals surface area (Å²) in [5.74, 6) is 0.415. The van der Waals surface area contributed by atoms with Crippen LogP contribution in [-0.4, -0.2) is 5.11 Å². The average molecular weight is 417 g/mol. The van der Waals surface area contributed by atoms with Crippen LogP contribution >= 0.6 is 22.9 Å². The normalized spacial score (nSPS) is 13.4. The first-order valence-corrected chi connectivity index (χ1v) is 10.8. The minimum atomic E-state index is -0.442. The van der Waals surface area contributed by atoms with E-state index in [9.17, 15) is 9.90 Å². The maximum absolute atomic E-state index is 12.8. The van der Waals surface area contributed by atoms with Crippen LogP contribution in [0, 0.1) is 6.92 Å². The zero-order valence-electron chi connectivity index (χ0n) is 16.4.